The molecule has 0 aliphatic heterocycles. The van der Waals surface area contributed by atoms with E-state index in [4.69, 9.17) is 5.73 Å². The van der Waals surface area contributed by atoms with E-state index >= 15 is 0 Å². The van der Waals surface area contributed by atoms with Crippen LogP contribution in [-0.4, -0.2) is 49.7 Å². The molecule has 0 aliphatic rings. The molecule has 0 saturated carbocycles. The number of aliphatic hydroxyl groups is 1. The van der Waals surface area contributed by atoms with Crippen molar-refractivity contribution in [1.29, 1.82) is 0 Å². The Bertz CT molecular complexity index is 444. The van der Waals surface area contributed by atoms with Crippen molar-refractivity contribution in [2.45, 2.75) is 19.4 Å². The predicted octanol–water partition coefficient (Wildman–Crippen LogP) is 1.18. The van der Waals surface area contributed by atoms with Gasteiger partial charge < -0.3 is 20.6 Å². The van der Waals surface area contributed by atoms with Gasteiger partial charge in [-0.1, -0.05) is 0 Å². The quantitative estimate of drug-likeness (QED) is 0.784. The van der Waals surface area contributed by atoms with Crippen LogP contribution < -0.4 is 10.6 Å². The molecule has 0 spiro atoms. The molecule has 1 aromatic rings. The van der Waals surface area contributed by atoms with Crippen LogP contribution in [0.1, 0.15) is 23.7 Å². The van der Waals surface area contributed by atoms with E-state index < -0.39 is 6.10 Å². The number of nitrogens with zero attached hydrogens (tertiary/aromatic N) is 2. The van der Waals surface area contributed by atoms with Gasteiger partial charge in [0, 0.05) is 33.3 Å². The Morgan fingerprint density at radius 2 is 2.00 bits per heavy atom. The Morgan fingerprint density at radius 3 is 2.47 bits per heavy atom. The minimum absolute atomic E-state index is 0.0855. The molecule has 0 fully saturated rings. The summed E-state index contributed by atoms with van der Waals surface area (Å²) in [7, 11) is 5.53. The molecule has 0 heterocycles. The zero-order valence-electron chi connectivity index (χ0n) is 12.1. The Labute approximate surface area is 114 Å². The van der Waals surface area contributed by atoms with Gasteiger partial charge in [0.25, 0.3) is 5.91 Å². The summed E-state index contributed by atoms with van der Waals surface area (Å²) in [5, 5.41) is 9.23. The molecule has 1 rings (SSSR count). The maximum atomic E-state index is 12.2. The maximum Gasteiger partial charge on any atom is 0.253 e. The van der Waals surface area contributed by atoms with E-state index in [9.17, 15) is 9.90 Å². The van der Waals surface area contributed by atoms with E-state index in [0.717, 1.165) is 5.69 Å². The molecule has 106 valence electrons. The van der Waals surface area contributed by atoms with E-state index in [0.29, 0.717) is 24.2 Å². The molecule has 0 bridgehead atoms. The van der Waals surface area contributed by atoms with Gasteiger partial charge in [0.1, 0.15) is 0 Å². The van der Waals surface area contributed by atoms with Gasteiger partial charge in [0.2, 0.25) is 0 Å². The van der Waals surface area contributed by atoms with Crippen molar-refractivity contribution in [3.05, 3.63) is 23.8 Å². The molecule has 0 aromatic heterocycles. The number of benzene rings is 1. The van der Waals surface area contributed by atoms with Crippen molar-refractivity contribution in [1.82, 2.24) is 4.90 Å². The molecule has 3 N–H and O–H groups in total. The summed E-state index contributed by atoms with van der Waals surface area (Å²) in [6, 6.07) is 5.30. The van der Waals surface area contributed by atoms with Crippen molar-refractivity contribution in [3.63, 3.8) is 0 Å². The number of hydrogen-bond acceptors (Lipinski definition) is 4. The van der Waals surface area contributed by atoms with Gasteiger partial charge in [-0.2, -0.15) is 0 Å². The molecule has 0 radical (unpaired) electrons. The van der Waals surface area contributed by atoms with Gasteiger partial charge in [-0.15, -0.1) is 0 Å². The number of carbonyl (C=O) groups is 1. The standard InChI is InChI=1S/C14H23N3O2/c1-10(18)7-8-17(4)14(19)11-5-6-13(16(2)3)12(15)9-11/h5-6,9-10,18H,7-8,15H2,1-4H3. The highest BCUT2D eigenvalue weighted by atomic mass is 16.3. The third-order valence-corrected chi connectivity index (χ3v) is 2.99. The van der Waals surface area contributed by atoms with Crippen molar-refractivity contribution in [2.24, 2.45) is 0 Å². The molecule has 1 atom stereocenters. The van der Waals surface area contributed by atoms with Crippen molar-refractivity contribution < 1.29 is 9.90 Å². The number of hydrogen-bond donors (Lipinski definition) is 2. The Kier molecular flexibility index (Phi) is 5.18. The first-order chi connectivity index (χ1) is 8.82. The van der Waals surface area contributed by atoms with Crippen molar-refractivity contribution in [2.75, 3.05) is 38.3 Å². The van der Waals surface area contributed by atoms with Gasteiger partial charge in [-0.3, -0.25) is 4.79 Å². The van der Waals surface area contributed by atoms with Crippen LogP contribution in [0.4, 0.5) is 11.4 Å². The van der Waals surface area contributed by atoms with Crippen LogP contribution in [0.25, 0.3) is 0 Å². The summed E-state index contributed by atoms with van der Waals surface area (Å²) in [5.74, 6) is -0.0855. The summed E-state index contributed by atoms with van der Waals surface area (Å²) in [6.45, 7) is 2.23. The second-order valence-electron chi connectivity index (χ2n) is 5.03. The number of carbonyl (C=O) groups excluding carboxylic acids is 1. The predicted molar refractivity (Wildman–Crippen MR) is 78.4 cm³/mol. The fraction of sp³-hybridized carbons (Fsp3) is 0.500. The lowest BCUT2D eigenvalue weighted by atomic mass is 10.1. The summed E-state index contributed by atoms with van der Waals surface area (Å²) in [5.41, 5.74) is 7.97. The smallest absolute Gasteiger partial charge is 0.253 e. The minimum Gasteiger partial charge on any atom is -0.397 e. The van der Waals surface area contributed by atoms with Crippen LogP contribution in [0.3, 0.4) is 0 Å². The zero-order valence-corrected chi connectivity index (χ0v) is 12.1. The van der Waals surface area contributed by atoms with E-state index in [-0.39, 0.29) is 5.91 Å². The first kappa shape index (κ1) is 15.3. The fourth-order valence-electron chi connectivity index (χ4n) is 1.80. The largest absolute Gasteiger partial charge is 0.397 e. The molecular weight excluding hydrogens is 242 g/mol. The SMILES string of the molecule is CC(O)CCN(C)C(=O)c1ccc(N(C)C)c(N)c1. The van der Waals surface area contributed by atoms with Gasteiger partial charge in [-0.05, 0) is 31.5 Å². The van der Waals surface area contributed by atoms with Gasteiger partial charge in [0.15, 0.2) is 0 Å². The van der Waals surface area contributed by atoms with Crippen LogP contribution >= 0.6 is 0 Å². The number of amides is 1. The van der Waals surface area contributed by atoms with Crippen molar-refractivity contribution >= 4 is 17.3 Å². The summed E-state index contributed by atoms with van der Waals surface area (Å²) in [4.78, 5) is 15.7. The van der Waals surface area contributed by atoms with Gasteiger partial charge >= 0.3 is 0 Å². The Hall–Kier alpha value is -1.75. The maximum absolute atomic E-state index is 12.2. The third-order valence-electron chi connectivity index (χ3n) is 2.99. The number of nitrogens with two attached hydrogens (primary N) is 1. The van der Waals surface area contributed by atoms with Crippen LogP contribution in [0.2, 0.25) is 0 Å². The topological polar surface area (TPSA) is 69.8 Å². The lowest BCUT2D eigenvalue weighted by Crippen LogP contribution is -2.29. The minimum atomic E-state index is -0.406. The van der Waals surface area contributed by atoms with Crippen LogP contribution in [0.5, 0.6) is 0 Å². The first-order valence-corrected chi connectivity index (χ1v) is 6.33. The highest BCUT2D eigenvalue weighted by molar-refractivity contribution is 5.96. The summed E-state index contributed by atoms with van der Waals surface area (Å²) >= 11 is 0. The average Bonchev–Trinajstić information content (AvgIpc) is 2.34. The lowest BCUT2D eigenvalue weighted by molar-refractivity contribution is 0.0769. The molecular formula is C14H23N3O2. The zero-order chi connectivity index (χ0) is 14.6. The molecule has 0 saturated heterocycles. The Balaban J connectivity index is 2.80. The Morgan fingerprint density at radius 1 is 1.37 bits per heavy atom. The van der Waals surface area contributed by atoms with E-state index in [2.05, 4.69) is 0 Å². The summed E-state index contributed by atoms with van der Waals surface area (Å²) < 4.78 is 0. The molecule has 0 aliphatic carbocycles. The van der Waals surface area contributed by atoms with E-state index in [1.54, 1.807) is 31.0 Å². The fourth-order valence-corrected chi connectivity index (χ4v) is 1.80. The van der Waals surface area contributed by atoms with Crippen molar-refractivity contribution in [3.8, 4) is 0 Å². The number of aliphatic hydroxyl groups excluding tert-OH is 1. The number of nitrogen functional groups attached to an aromatic ring is 1. The molecule has 1 aromatic carbocycles. The third kappa shape index (κ3) is 4.13. The molecule has 5 heteroatoms. The summed E-state index contributed by atoms with van der Waals surface area (Å²) in [6.07, 6.45) is 0.157. The van der Waals surface area contributed by atoms with Crippen LogP contribution in [0.15, 0.2) is 18.2 Å². The van der Waals surface area contributed by atoms with Gasteiger partial charge in [-0.25, -0.2) is 0 Å². The molecule has 5 nitrogen and oxygen atoms in total. The second-order valence-corrected chi connectivity index (χ2v) is 5.03. The number of anilines is 2. The average molecular weight is 265 g/mol. The van der Waals surface area contributed by atoms with Crippen LogP contribution in [-0.2, 0) is 0 Å². The highest BCUT2D eigenvalue weighted by Gasteiger charge is 2.14. The lowest BCUT2D eigenvalue weighted by Gasteiger charge is -2.20. The molecule has 1 unspecified atom stereocenters. The second kappa shape index (κ2) is 6.43. The van der Waals surface area contributed by atoms with Crippen LogP contribution in [0, 0.1) is 0 Å². The number of rotatable bonds is 5. The molecule has 19 heavy (non-hydrogen) atoms. The first-order valence-electron chi connectivity index (χ1n) is 6.33. The van der Waals surface area contributed by atoms with Gasteiger partial charge in [0.05, 0.1) is 17.5 Å². The normalized spacial score (nSPS) is 12.1. The van der Waals surface area contributed by atoms with E-state index in [1.807, 2.05) is 25.1 Å². The monoisotopic (exact) mass is 265 g/mol. The highest BCUT2D eigenvalue weighted by Crippen LogP contribution is 2.22. The van der Waals surface area contributed by atoms with E-state index in [1.165, 1.54) is 0 Å². The molecule has 1 amide bonds.